The van der Waals surface area contributed by atoms with Crippen molar-refractivity contribution in [1.82, 2.24) is 4.90 Å². The summed E-state index contributed by atoms with van der Waals surface area (Å²) in [5.41, 5.74) is 10.3. The predicted molar refractivity (Wildman–Crippen MR) is 96.1 cm³/mol. The van der Waals surface area contributed by atoms with Gasteiger partial charge in [-0.1, -0.05) is 38.1 Å². The fraction of sp³-hybridized carbons (Fsp3) is 0.368. The van der Waals surface area contributed by atoms with E-state index < -0.39 is 0 Å². The van der Waals surface area contributed by atoms with E-state index in [1.807, 2.05) is 18.2 Å². The number of nitrogens with zero attached hydrogens (tertiary/aromatic N) is 1. The Morgan fingerprint density at radius 2 is 1.68 bits per heavy atom. The Balaban J connectivity index is 1.84. The molecule has 0 aliphatic heterocycles. The average molecular weight is 297 g/mol. The van der Waals surface area contributed by atoms with Crippen LogP contribution in [0.1, 0.15) is 25.0 Å². The molecule has 2 aromatic rings. The Bertz CT molecular complexity index is 559. The molecule has 0 radical (unpaired) electrons. The van der Waals surface area contributed by atoms with Gasteiger partial charge < -0.3 is 16.0 Å². The van der Waals surface area contributed by atoms with Crippen LogP contribution in [0.3, 0.4) is 0 Å². The summed E-state index contributed by atoms with van der Waals surface area (Å²) in [7, 11) is 0. The van der Waals surface area contributed by atoms with E-state index in [-0.39, 0.29) is 0 Å². The maximum Gasteiger partial charge on any atom is 0.0401 e. The van der Waals surface area contributed by atoms with Gasteiger partial charge in [0, 0.05) is 24.5 Å². The minimum Gasteiger partial charge on any atom is -0.399 e. The molecule has 2 aromatic carbocycles. The molecule has 0 unspecified atom stereocenters. The molecule has 0 heterocycles. The topological polar surface area (TPSA) is 41.3 Å². The number of benzene rings is 2. The van der Waals surface area contributed by atoms with E-state index in [1.54, 1.807) is 0 Å². The second-order valence-corrected chi connectivity index (χ2v) is 5.57. The first-order chi connectivity index (χ1) is 10.7. The zero-order valence-corrected chi connectivity index (χ0v) is 13.7. The van der Waals surface area contributed by atoms with Gasteiger partial charge >= 0.3 is 0 Å². The molecule has 0 amide bonds. The second-order valence-electron chi connectivity index (χ2n) is 5.57. The van der Waals surface area contributed by atoms with Crippen LogP contribution >= 0.6 is 0 Å². The van der Waals surface area contributed by atoms with Crippen molar-refractivity contribution in [3.8, 4) is 0 Å². The molecule has 0 saturated heterocycles. The SMILES string of the molecule is CCN(CC)CCc1ccc(NCc2cccc(N)c2)cc1. The van der Waals surface area contributed by atoms with E-state index in [4.69, 9.17) is 5.73 Å². The van der Waals surface area contributed by atoms with Crippen molar-refractivity contribution in [2.45, 2.75) is 26.8 Å². The predicted octanol–water partition coefficient (Wildman–Crippen LogP) is 3.77. The maximum absolute atomic E-state index is 5.80. The van der Waals surface area contributed by atoms with Crippen LogP contribution in [-0.2, 0) is 13.0 Å². The summed E-state index contributed by atoms with van der Waals surface area (Å²) in [4.78, 5) is 2.45. The van der Waals surface area contributed by atoms with Gasteiger partial charge in [0.2, 0.25) is 0 Å². The normalized spacial score (nSPS) is 10.9. The number of nitrogens with two attached hydrogens (primary N) is 1. The van der Waals surface area contributed by atoms with E-state index in [2.05, 4.69) is 54.4 Å². The molecule has 0 atom stereocenters. The second kappa shape index (κ2) is 8.44. The third kappa shape index (κ3) is 5.08. The Hall–Kier alpha value is -2.00. The van der Waals surface area contributed by atoms with Crippen LogP contribution < -0.4 is 11.1 Å². The number of hydrogen-bond donors (Lipinski definition) is 2. The molecule has 0 aromatic heterocycles. The van der Waals surface area contributed by atoms with Gasteiger partial charge in [-0.15, -0.1) is 0 Å². The molecule has 118 valence electrons. The van der Waals surface area contributed by atoms with Crippen molar-refractivity contribution in [2.24, 2.45) is 0 Å². The number of rotatable bonds is 8. The Kier molecular flexibility index (Phi) is 6.28. The largest absolute Gasteiger partial charge is 0.399 e. The minimum atomic E-state index is 0.795. The molecule has 0 bridgehead atoms. The van der Waals surface area contributed by atoms with Gasteiger partial charge in [-0.2, -0.15) is 0 Å². The summed E-state index contributed by atoms with van der Waals surface area (Å²) in [6.07, 6.45) is 1.11. The van der Waals surface area contributed by atoms with Crippen molar-refractivity contribution in [3.63, 3.8) is 0 Å². The van der Waals surface area contributed by atoms with Crippen LogP contribution in [-0.4, -0.2) is 24.5 Å². The summed E-state index contributed by atoms with van der Waals surface area (Å²) in [6.45, 7) is 8.60. The monoisotopic (exact) mass is 297 g/mol. The first-order valence-electron chi connectivity index (χ1n) is 8.10. The average Bonchev–Trinajstić information content (AvgIpc) is 2.55. The lowest BCUT2D eigenvalue weighted by Crippen LogP contribution is -2.25. The molecule has 0 spiro atoms. The molecule has 3 N–H and O–H groups in total. The highest BCUT2D eigenvalue weighted by atomic mass is 15.1. The Morgan fingerprint density at radius 3 is 2.32 bits per heavy atom. The lowest BCUT2D eigenvalue weighted by molar-refractivity contribution is 0.308. The van der Waals surface area contributed by atoms with E-state index in [0.717, 1.165) is 44.0 Å². The van der Waals surface area contributed by atoms with Gasteiger partial charge in [-0.05, 0) is 54.9 Å². The van der Waals surface area contributed by atoms with Gasteiger partial charge in [-0.3, -0.25) is 0 Å². The summed E-state index contributed by atoms with van der Waals surface area (Å²) in [5.74, 6) is 0. The fourth-order valence-corrected chi connectivity index (χ4v) is 2.52. The first kappa shape index (κ1) is 16.4. The highest BCUT2D eigenvalue weighted by Gasteiger charge is 2.00. The molecule has 2 rings (SSSR count). The Labute approximate surface area is 134 Å². The highest BCUT2D eigenvalue weighted by molar-refractivity contribution is 5.47. The van der Waals surface area contributed by atoms with Crippen molar-refractivity contribution in [1.29, 1.82) is 0 Å². The van der Waals surface area contributed by atoms with Crippen LogP contribution in [0.2, 0.25) is 0 Å². The summed E-state index contributed by atoms with van der Waals surface area (Å²) >= 11 is 0. The van der Waals surface area contributed by atoms with E-state index in [1.165, 1.54) is 11.1 Å². The van der Waals surface area contributed by atoms with E-state index in [9.17, 15) is 0 Å². The third-order valence-corrected chi connectivity index (χ3v) is 4.01. The molecule has 0 fully saturated rings. The molecule has 3 nitrogen and oxygen atoms in total. The van der Waals surface area contributed by atoms with Crippen LogP contribution in [0.15, 0.2) is 48.5 Å². The van der Waals surface area contributed by atoms with Crippen LogP contribution in [0.4, 0.5) is 11.4 Å². The molecule has 0 aliphatic rings. The molecule has 0 saturated carbocycles. The summed E-state index contributed by atoms with van der Waals surface area (Å²) < 4.78 is 0. The number of nitrogen functional groups attached to an aromatic ring is 1. The van der Waals surface area contributed by atoms with Crippen molar-refractivity contribution >= 4 is 11.4 Å². The van der Waals surface area contributed by atoms with Gasteiger partial charge in [0.05, 0.1) is 0 Å². The first-order valence-corrected chi connectivity index (χ1v) is 8.10. The standard InChI is InChI=1S/C19H27N3/c1-3-22(4-2)13-12-16-8-10-19(11-9-16)21-15-17-6-5-7-18(20)14-17/h5-11,14,21H,3-4,12-13,15,20H2,1-2H3. The zero-order chi connectivity index (χ0) is 15.8. The van der Waals surface area contributed by atoms with Crippen LogP contribution in [0, 0.1) is 0 Å². The smallest absolute Gasteiger partial charge is 0.0401 e. The van der Waals surface area contributed by atoms with Gasteiger partial charge in [0.25, 0.3) is 0 Å². The summed E-state index contributed by atoms with van der Waals surface area (Å²) in [6, 6.07) is 16.7. The van der Waals surface area contributed by atoms with Crippen LogP contribution in [0.25, 0.3) is 0 Å². The van der Waals surface area contributed by atoms with Gasteiger partial charge in [0.1, 0.15) is 0 Å². The van der Waals surface area contributed by atoms with Crippen molar-refractivity contribution in [3.05, 3.63) is 59.7 Å². The van der Waals surface area contributed by atoms with E-state index in [0.29, 0.717) is 0 Å². The van der Waals surface area contributed by atoms with Crippen molar-refractivity contribution < 1.29 is 0 Å². The third-order valence-electron chi connectivity index (χ3n) is 4.01. The fourth-order valence-electron chi connectivity index (χ4n) is 2.52. The molecular weight excluding hydrogens is 270 g/mol. The van der Waals surface area contributed by atoms with E-state index >= 15 is 0 Å². The van der Waals surface area contributed by atoms with Crippen LogP contribution in [0.5, 0.6) is 0 Å². The van der Waals surface area contributed by atoms with Gasteiger partial charge in [0.15, 0.2) is 0 Å². The Morgan fingerprint density at radius 1 is 0.955 bits per heavy atom. The number of anilines is 2. The highest BCUT2D eigenvalue weighted by Crippen LogP contribution is 2.13. The zero-order valence-electron chi connectivity index (χ0n) is 13.7. The lowest BCUT2D eigenvalue weighted by Gasteiger charge is -2.17. The molecular formula is C19H27N3. The maximum atomic E-state index is 5.80. The number of likely N-dealkylation sites (N-methyl/N-ethyl adjacent to an activating group) is 1. The van der Waals surface area contributed by atoms with Crippen molar-refractivity contribution in [2.75, 3.05) is 30.7 Å². The quantitative estimate of drug-likeness (QED) is 0.729. The summed E-state index contributed by atoms with van der Waals surface area (Å²) in [5, 5.41) is 3.44. The lowest BCUT2D eigenvalue weighted by atomic mass is 10.1. The molecule has 22 heavy (non-hydrogen) atoms. The van der Waals surface area contributed by atoms with Gasteiger partial charge in [-0.25, -0.2) is 0 Å². The molecule has 0 aliphatic carbocycles. The number of nitrogens with one attached hydrogen (secondary N) is 1. The number of hydrogen-bond acceptors (Lipinski definition) is 3. The molecule has 3 heteroatoms. The minimum absolute atomic E-state index is 0.795.